The molecule has 1 aliphatic carbocycles. The molecule has 2 rings (SSSR count). The third-order valence-electron chi connectivity index (χ3n) is 3.84. The summed E-state index contributed by atoms with van der Waals surface area (Å²) in [6, 6.07) is -0.712. The smallest absolute Gasteiger partial charge is 0.329 e. The largest absolute Gasteiger partial charge is 0.467 e. The number of esters is 1. The Morgan fingerprint density at radius 1 is 1.55 bits per heavy atom. The minimum Gasteiger partial charge on any atom is -0.467 e. The number of halogens is 1. The van der Waals surface area contributed by atoms with Crippen LogP contribution in [0.3, 0.4) is 0 Å². The van der Waals surface area contributed by atoms with Gasteiger partial charge in [-0.05, 0) is 31.4 Å². The first-order valence-corrected chi connectivity index (χ1v) is 7.36. The molecule has 120 valence electrons. The minimum absolute atomic E-state index is 0.0150. The number of aromatic nitrogens is 2. The third kappa shape index (κ3) is 3.27. The summed E-state index contributed by atoms with van der Waals surface area (Å²) in [6.07, 6.45) is 4.74. The highest BCUT2D eigenvalue weighted by Gasteiger charge is 2.36. The lowest BCUT2D eigenvalue weighted by atomic mass is 10.1. The van der Waals surface area contributed by atoms with Crippen LogP contribution in [0.2, 0.25) is 5.28 Å². The van der Waals surface area contributed by atoms with Crippen LogP contribution in [0.4, 0.5) is 11.5 Å². The van der Waals surface area contributed by atoms with Gasteiger partial charge in [0.05, 0.1) is 12.0 Å². The van der Waals surface area contributed by atoms with Crippen LogP contribution >= 0.6 is 11.6 Å². The fraction of sp³-hybridized carbons (Fsp3) is 0.615. The molecular weight excluding hydrogens is 312 g/mol. The molecule has 1 fully saturated rings. The standard InChI is InChI=1S/C13H17ClN4O4/c1-8(12(19)22-2)17(9-5-3-4-6-9)11-10(18(20)21)7-15-13(14)16-11/h7-9H,3-6H2,1-2H3/t8-/m1/s1. The van der Waals surface area contributed by atoms with E-state index in [9.17, 15) is 14.9 Å². The van der Waals surface area contributed by atoms with Crippen LogP contribution in [0.5, 0.6) is 0 Å². The predicted octanol–water partition coefficient (Wildman–Crippen LogP) is 2.35. The molecule has 0 aliphatic heterocycles. The zero-order chi connectivity index (χ0) is 16.3. The van der Waals surface area contributed by atoms with E-state index in [0.29, 0.717) is 0 Å². The minimum atomic E-state index is -0.697. The van der Waals surface area contributed by atoms with Gasteiger partial charge in [-0.3, -0.25) is 10.1 Å². The first kappa shape index (κ1) is 16.4. The van der Waals surface area contributed by atoms with E-state index in [2.05, 4.69) is 9.97 Å². The number of carbonyl (C=O) groups excluding carboxylic acids is 1. The second-order valence-corrected chi connectivity index (χ2v) is 5.49. The van der Waals surface area contributed by atoms with Crippen LogP contribution in [-0.4, -0.2) is 40.1 Å². The van der Waals surface area contributed by atoms with Crippen LogP contribution in [-0.2, 0) is 9.53 Å². The second kappa shape index (κ2) is 6.87. The summed E-state index contributed by atoms with van der Waals surface area (Å²) in [4.78, 5) is 31.9. The van der Waals surface area contributed by atoms with Crippen molar-refractivity contribution in [3.05, 3.63) is 21.6 Å². The molecular formula is C13H17ClN4O4. The molecule has 1 aliphatic rings. The van der Waals surface area contributed by atoms with E-state index in [4.69, 9.17) is 16.3 Å². The van der Waals surface area contributed by atoms with Crippen molar-refractivity contribution >= 4 is 29.1 Å². The molecule has 1 aromatic rings. The maximum atomic E-state index is 11.9. The average molecular weight is 329 g/mol. The normalized spacial score (nSPS) is 16.3. The van der Waals surface area contributed by atoms with Crippen molar-refractivity contribution in [2.75, 3.05) is 12.0 Å². The Morgan fingerprint density at radius 3 is 2.73 bits per heavy atom. The third-order valence-corrected chi connectivity index (χ3v) is 4.02. The number of rotatable bonds is 5. The Hall–Kier alpha value is -1.96. The Balaban J connectivity index is 2.50. The van der Waals surface area contributed by atoms with Crippen LogP contribution in [0.1, 0.15) is 32.6 Å². The number of hydrogen-bond acceptors (Lipinski definition) is 7. The Bertz CT molecular complexity index is 577. The van der Waals surface area contributed by atoms with E-state index < -0.39 is 16.9 Å². The molecule has 0 aromatic carbocycles. The topological polar surface area (TPSA) is 98.5 Å². The van der Waals surface area contributed by atoms with E-state index in [0.717, 1.165) is 31.9 Å². The molecule has 1 atom stereocenters. The first-order valence-electron chi connectivity index (χ1n) is 6.98. The SMILES string of the molecule is COC(=O)[C@@H](C)N(c1nc(Cl)ncc1[N+](=O)[O-])C1CCCC1. The van der Waals surface area contributed by atoms with Crippen molar-refractivity contribution in [2.24, 2.45) is 0 Å². The highest BCUT2D eigenvalue weighted by atomic mass is 35.5. The lowest BCUT2D eigenvalue weighted by molar-refractivity contribution is -0.384. The summed E-state index contributed by atoms with van der Waals surface area (Å²) >= 11 is 5.80. The van der Waals surface area contributed by atoms with Crippen LogP contribution in [0, 0.1) is 10.1 Å². The van der Waals surface area contributed by atoms with Gasteiger partial charge in [-0.1, -0.05) is 12.8 Å². The molecule has 1 saturated carbocycles. The van der Waals surface area contributed by atoms with Gasteiger partial charge in [0.25, 0.3) is 0 Å². The zero-order valence-electron chi connectivity index (χ0n) is 12.4. The molecule has 0 bridgehead atoms. The van der Waals surface area contributed by atoms with Gasteiger partial charge in [-0.15, -0.1) is 0 Å². The molecule has 22 heavy (non-hydrogen) atoms. The quantitative estimate of drug-likeness (QED) is 0.354. The monoisotopic (exact) mass is 328 g/mol. The molecule has 8 nitrogen and oxygen atoms in total. The van der Waals surface area contributed by atoms with Gasteiger partial charge in [0.15, 0.2) is 0 Å². The number of ether oxygens (including phenoxy) is 1. The maximum Gasteiger partial charge on any atom is 0.329 e. The van der Waals surface area contributed by atoms with Crippen molar-refractivity contribution in [2.45, 2.75) is 44.7 Å². The Morgan fingerprint density at radius 2 is 2.18 bits per heavy atom. The van der Waals surface area contributed by atoms with Crippen LogP contribution < -0.4 is 4.90 Å². The fourth-order valence-electron chi connectivity index (χ4n) is 2.80. The van der Waals surface area contributed by atoms with Gasteiger partial charge in [0.2, 0.25) is 11.1 Å². The summed E-state index contributed by atoms with van der Waals surface area (Å²) in [5.74, 6) is -0.411. The maximum absolute atomic E-state index is 11.9. The summed E-state index contributed by atoms with van der Waals surface area (Å²) in [5.41, 5.74) is -0.271. The summed E-state index contributed by atoms with van der Waals surface area (Å²) in [5, 5.41) is 11.2. The molecule has 1 heterocycles. The number of methoxy groups -OCH3 is 1. The summed E-state index contributed by atoms with van der Waals surface area (Å²) in [6.45, 7) is 1.64. The molecule has 1 aromatic heterocycles. The molecule has 0 N–H and O–H groups in total. The van der Waals surface area contributed by atoms with Crippen molar-refractivity contribution in [1.29, 1.82) is 0 Å². The van der Waals surface area contributed by atoms with Crippen molar-refractivity contribution in [3.8, 4) is 0 Å². The number of nitrogens with zero attached hydrogens (tertiary/aromatic N) is 4. The van der Waals surface area contributed by atoms with Crippen molar-refractivity contribution < 1.29 is 14.5 Å². The number of anilines is 1. The molecule has 0 radical (unpaired) electrons. The second-order valence-electron chi connectivity index (χ2n) is 5.15. The van der Waals surface area contributed by atoms with E-state index in [-0.39, 0.29) is 22.8 Å². The van der Waals surface area contributed by atoms with Gasteiger partial charge in [0.1, 0.15) is 12.2 Å². The number of hydrogen-bond donors (Lipinski definition) is 0. The first-order chi connectivity index (χ1) is 10.5. The Kier molecular flexibility index (Phi) is 5.12. The lowest BCUT2D eigenvalue weighted by Crippen LogP contribution is -2.46. The van der Waals surface area contributed by atoms with E-state index >= 15 is 0 Å². The van der Waals surface area contributed by atoms with Crippen molar-refractivity contribution in [1.82, 2.24) is 9.97 Å². The van der Waals surface area contributed by atoms with E-state index in [1.807, 2.05) is 0 Å². The summed E-state index contributed by atoms with van der Waals surface area (Å²) in [7, 11) is 1.28. The van der Waals surface area contributed by atoms with E-state index in [1.165, 1.54) is 7.11 Å². The van der Waals surface area contributed by atoms with Crippen molar-refractivity contribution in [3.63, 3.8) is 0 Å². The van der Waals surface area contributed by atoms with Crippen LogP contribution in [0.25, 0.3) is 0 Å². The highest BCUT2D eigenvalue weighted by Crippen LogP contribution is 2.34. The van der Waals surface area contributed by atoms with Gasteiger partial charge in [-0.25, -0.2) is 9.78 Å². The average Bonchev–Trinajstić information content (AvgIpc) is 3.00. The van der Waals surface area contributed by atoms with Gasteiger partial charge < -0.3 is 9.64 Å². The van der Waals surface area contributed by atoms with E-state index in [1.54, 1.807) is 11.8 Å². The fourth-order valence-corrected chi connectivity index (χ4v) is 2.93. The summed E-state index contributed by atoms with van der Waals surface area (Å²) < 4.78 is 4.78. The molecule has 0 amide bonds. The zero-order valence-corrected chi connectivity index (χ0v) is 13.1. The Labute approximate surface area is 132 Å². The van der Waals surface area contributed by atoms with Crippen LogP contribution in [0.15, 0.2) is 6.20 Å². The number of carbonyl (C=O) groups is 1. The highest BCUT2D eigenvalue weighted by molar-refractivity contribution is 6.28. The molecule has 0 saturated heterocycles. The molecule has 9 heteroatoms. The number of nitro groups is 1. The lowest BCUT2D eigenvalue weighted by Gasteiger charge is -2.33. The van der Waals surface area contributed by atoms with Gasteiger partial charge in [-0.2, -0.15) is 4.98 Å². The van der Waals surface area contributed by atoms with Gasteiger partial charge in [0, 0.05) is 6.04 Å². The predicted molar refractivity (Wildman–Crippen MR) is 79.9 cm³/mol. The van der Waals surface area contributed by atoms with Gasteiger partial charge >= 0.3 is 11.7 Å². The molecule has 0 spiro atoms. The molecule has 0 unspecified atom stereocenters.